The molecule has 0 saturated carbocycles. The van der Waals surface area contributed by atoms with Crippen LogP contribution in [0.1, 0.15) is 11.4 Å². The van der Waals surface area contributed by atoms with E-state index in [1.165, 1.54) is 12.1 Å². The molecule has 1 aliphatic rings. The average molecular weight is 388 g/mol. The van der Waals surface area contributed by atoms with E-state index in [4.69, 9.17) is 5.26 Å². The van der Waals surface area contributed by atoms with E-state index in [2.05, 4.69) is 31.2 Å². The van der Waals surface area contributed by atoms with E-state index in [1.807, 2.05) is 37.3 Å². The minimum absolute atomic E-state index is 0.217. The number of aromatic nitrogens is 2. The Kier molecular flexibility index (Phi) is 5.25. The van der Waals surface area contributed by atoms with Crippen molar-refractivity contribution < 1.29 is 4.39 Å². The lowest BCUT2D eigenvalue weighted by Crippen LogP contribution is -2.46. The number of aryl methyl sites for hydroxylation is 1. The van der Waals surface area contributed by atoms with Crippen molar-refractivity contribution in [3.8, 4) is 6.07 Å². The highest BCUT2D eigenvalue weighted by atomic mass is 19.1. The van der Waals surface area contributed by atoms with Gasteiger partial charge in [-0.15, -0.1) is 0 Å². The summed E-state index contributed by atoms with van der Waals surface area (Å²) in [5, 5.41) is 12.2. The normalized spacial score (nSPS) is 13.8. The van der Waals surface area contributed by atoms with Crippen LogP contribution in [0.5, 0.6) is 0 Å². The third-order valence-electron chi connectivity index (χ3n) is 4.91. The second kappa shape index (κ2) is 8.15. The number of nitrogens with zero attached hydrogens (tertiary/aromatic N) is 5. The molecule has 2 heterocycles. The molecule has 1 N–H and O–H groups in total. The van der Waals surface area contributed by atoms with E-state index >= 15 is 0 Å². The van der Waals surface area contributed by atoms with Crippen LogP contribution >= 0.6 is 0 Å². The van der Waals surface area contributed by atoms with Crippen LogP contribution in [-0.2, 0) is 0 Å². The molecular formula is C22H21FN6. The number of halogens is 1. The fraction of sp³-hybridized carbons (Fsp3) is 0.227. The molecule has 0 spiro atoms. The molecular weight excluding hydrogens is 367 g/mol. The zero-order chi connectivity index (χ0) is 20.2. The molecule has 29 heavy (non-hydrogen) atoms. The third kappa shape index (κ3) is 4.43. The Balaban J connectivity index is 1.45. The Morgan fingerprint density at radius 3 is 2.24 bits per heavy atom. The van der Waals surface area contributed by atoms with Crippen molar-refractivity contribution in [2.45, 2.75) is 6.92 Å². The van der Waals surface area contributed by atoms with Crippen LogP contribution in [0.25, 0.3) is 0 Å². The topological polar surface area (TPSA) is 68.1 Å². The van der Waals surface area contributed by atoms with Gasteiger partial charge in [-0.1, -0.05) is 0 Å². The summed E-state index contributed by atoms with van der Waals surface area (Å²) in [6.07, 6.45) is 0. The highest BCUT2D eigenvalue weighted by Crippen LogP contribution is 2.23. The smallest absolute Gasteiger partial charge is 0.136 e. The Labute approximate surface area is 169 Å². The zero-order valence-corrected chi connectivity index (χ0v) is 16.1. The van der Waals surface area contributed by atoms with Gasteiger partial charge in [0.15, 0.2) is 0 Å². The van der Waals surface area contributed by atoms with Crippen molar-refractivity contribution in [1.82, 2.24) is 9.97 Å². The Morgan fingerprint density at radius 1 is 0.931 bits per heavy atom. The van der Waals surface area contributed by atoms with Gasteiger partial charge in [-0.05, 0) is 55.5 Å². The summed E-state index contributed by atoms with van der Waals surface area (Å²) in [6, 6.07) is 17.9. The summed E-state index contributed by atoms with van der Waals surface area (Å²) in [6.45, 7) is 5.20. The number of hydrogen-bond donors (Lipinski definition) is 1. The molecule has 0 amide bonds. The van der Waals surface area contributed by atoms with Crippen molar-refractivity contribution >= 4 is 23.0 Å². The lowest BCUT2D eigenvalue weighted by atomic mass is 10.2. The maximum Gasteiger partial charge on any atom is 0.136 e. The van der Waals surface area contributed by atoms with Crippen LogP contribution < -0.4 is 15.1 Å². The number of rotatable bonds is 4. The van der Waals surface area contributed by atoms with Crippen LogP contribution in [0, 0.1) is 24.1 Å². The number of benzene rings is 2. The summed E-state index contributed by atoms with van der Waals surface area (Å²) in [7, 11) is 0. The lowest BCUT2D eigenvalue weighted by molar-refractivity contribution is 0.624. The summed E-state index contributed by atoms with van der Waals surface area (Å²) in [4.78, 5) is 13.6. The number of nitrogens with one attached hydrogen (secondary N) is 1. The van der Waals surface area contributed by atoms with Gasteiger partial charge in [-0.3, -0.25) is 0 Å². The molecule has 0 aliphatic carbocycles. The maximum absolute atomic E-state index is 13.1. The fourth-order valence-electron chi connectivity index (χ4n) is 3.40. The largest absolute Gasteiger partial charge is 0.368 e. The minimum atomic E-state index is -0.217. The molecule has 146 valence electrons. The standard InChI is InChI=1S/C22H21FN6/c1-16-25-21(27-19-6-2-17(15-24)3-7-19)14-22(26-16)29-12-10-28(11-13-29)20-8-4-18(23)5-9-20/h2-9,14H,10-13H2,1H3,(H,25,26,27). The van der Waals surface area contributed by atoms with Crippen molar-refractivity contribution in [2.24, 2.45) is 0 Å². The average Bonchev–Trinajstić information content (AvgIpc) is 2.75. The minimum Gasteiger partial charge on any atom is -0.368 e. The van der Waals surface area contributed by atoms with Crippen LogP contribution in [0.3, 0.4) is 0 Å². The van der Waals surface area contributed by atoms with Crippen molar-refractivity contribution in [3.63, 3.8) is 0 Å². The van der Waals surface area contributed by atoms with Gasteiger partial charge in [0, 0.05) is 43.6 Å². The number of hydrogen-bond acceptors (Lipinski definition) is 6. The van der Waals surface area contributed by atoms with Crippen molar-refractivity contribution in [2.75, 3.05) is 41.3 Å². The van der Waals surface area contributed by atoms with Gasteiger partial charge in [0.25, 0.3) is 0 Å². The summed E-state index contributed by atoms with van der Waals surface area (Å²) in [5.74, 6) is 2.08. The summed E-state index contributed by atoms with van der Waals surface area (Å²) < 4.78 is 13.1. The molecule has 4 rings (SSSR count). The molecule has 1 fully saturated rings. The van der Waals surface area contributed by atoms with E-state index in [-0.39, 0.29) is 5.82 Å². The zero-order valence-electron chi connectivity index (χ0n) is 16.1. The van der Waals surface area contributed by atoms with Crippen molar-refractivity contribution in [1.29, 1.82) is 5.26 Å². The van der Waals surface area contributed by atoms with Gasteiger partial charge in [0.2, 0.25) is 0 Å². The van der Waals surface area contributed by atoms with E-state index in [9.17, 15) is 4.39 Å². The van der Waals surface area contributed by atoms with Crippen LogP contribution in [0.2, 0.25) is 0 Å². The van der Waals surface area contributed by atoms with E-state index in [0.717, 1.165) is 49.2 Å². The SMILES string of the molecule is Cc1nc(Nc2ccc(C#N)cc2)cc(N2CCN(c3ccc(F)cc3)CC2)n1. The monoisotopic (exact) mass is 388 g/mol. The van der Waals surface area contributed by atoms with Crippen LogP contribution in [0.4, 0.5) is 27.4 Å². The molecule has 1 aromatic heterocycles. The fourth-order valence-corrected chi connectivity index (χ4v) is 3.40. The quantitative estimate of drug-likeness (QED) is 0.732. The highest BCUT2D eigenvalue weighted by molar-refractivity contribution is 5.61. The molecule has 0 atom stereocenters. The van der Waals surface area contributed by atoms with Gasteiger partial charge >= 0.3 is 0 Å². The third-order valence-corrected chi connectivity index (χ3v) is 4.91. The number of piperazine rings is 1. The van der Waals surface area contributed by atoms with Crippen molar-refractivity contribution in [3.05, 3.63) is 71.8 Å². The second-order valence-corrected chi connectivity index (χ2v) is 6.92. The predicted octanol–water partition coefficient (Wildman–Crippen LogP) is 3.87. The molecule has 0 unspecified atom stereocenters. The first-order valence-corrected chi connectivity index (χ1v) is 9.49. The molecule has 7 heteroatoms. The maximum atomic E-state index is 13.1. The lowest BCUT2D eigenvalue weighted by Gasteiger charge is -2.36. The highest BCUT2D eigenvalue weighted by Gasteiger charge is 2.19. The molecule has 2 aromatic carbocycles. The predicted molar refractivity (Wildman–Crippen MR) is 112 cm³/mol. The number of nitriles is 1. The molecule has 0 bridgehead atoms. The van der Waals surface area contributed by atoms with E-state index < -0.39 is 0 Å². The van der Waals surface area contributed by atoms with Gasteiger partial charge in [-0.25, -0.2) is 14.4 Å². The molecule has 0 radical (unpaired) electrons. The Morgan fingerprint density at radius 2 is 1.59 bits per heavy atom. The molecule has 3 aromatic rings. The first-order valence-electron chi connectivity index (χ1n) is 9.49. The Bertz CT molecular complexity index is 1020. The van der Waals surface area contributed by atoms with Crippen LogP contribution in [0.15, 0.2) is 54.6 Å². The molecule has 1 saturated heterocycles. The molecule has 1 aliphatic heterocycles. The Hall–Kier alpha value is -3.66. The number of anilines is 4. The van der Waals surface area contributed by atoms with Crippen LogP contribution in [-0.4, -0.2) is 36.1 Å². The van der Waals surface area contributed by atoms with Gasteiger partial charge in [-0.2, -0.15) is 5.26 Å². The van der Waals surface area contributed by atoms with Gasteiger partial charge in [0.1, 0.15) is 23.3 Å². The summed E-state index contributed by atoms with van der Waals surface area (Å²) >= 11 is 0. The first kappa shape index (κ1) is 18.7. The van der Waals surface area contributed by atoms with E-state index in [1.54, 1.807) is 12.1 Å². The summed E-state index contributed by atoms with van der Waals surface area (Å²) in [5.41, 5.74) is 2.52. The van der Waals surface area contributed by atoms with E-state index in [0.29, 0.717) is 11.4 Å². The van der Waals surface area contributed by atoms with Gasteiger partial charge in [0.05, 0.1) is 11.6 Å². The second-order valence-electron chi connectivity index (χ2n) is 6.92. The first-order chi connectivity index (χ1) is 14.1. The van der Waals surface area contributed by atoms with Gasteiger partial charge < -0.3 is 15.1 Å². The molecule has 6 nitrogen and oxygen atoms in total.